The molecule has 1 aromatic carbocycles. The molecule has 1 aromatic rings. The van der Waals surface area contributed by atoms with Crippen molar-refractivity contribution >= 4 is 10.8 Å². The van der Waals surface area contributed by atoms with Gasteiger partial charge in [0.05, 0.1) is 0 Å². The van der Waals surface area contributed by atoms with E-state index in [1.165, 1.54) is 5.56 Å². The van der Waals surface area contributed by atoms with Gasteiger partial charge in [0, 0.05) is 22.0 Å². The van der Waals surface area contributed by atoms with Gasteiger partial charge in [0.15, 0.2) is 0 Å². The summed E-state index contributed by atoms with van der Waals surface area (Å²) >= 11 is 0. The van der Waals surface area contributed by atoms with Gasteiger partial charge in [0.1, 0.15) is 0 Å². The molecule has 0 heterocycles. The highest BCUT2D eigenvalue weighted by molar-refractivity contribution is 7.84. The molecule has 0 radical (unpaired) electrons. The van der Waals surface area contributed by atoms with Gasteiger partial charge in [-0.25, -0.2) is 0 Å². The summed E-state index contributed by atoms with van der Waals surface area (Å²) in [6.07, 6.45) is 1.70. The Balaban J connectivity index is 0. The van der Waals surface area contributed by atoms with E-state index in [1.54, 1.807) is 6.26 Å². The van der Waals surface area contributed by atoms with Crippen molar-refractivity contribution in [2.75, 3.05) is 6.26 Å². The number of hydrogen-bond acceptors (Lipinski definition) is 1. The Morgan fingerprint density at radius 2 is 1.24 bits per heavy atom. The average Bonchev–Trinajstić information content (AvgIpc) is 2.33. The molecule has 0 spiro atoms. The van der Waals surface area contributed by atoms with Gasteiger partial charge in [-0.3, -0.25) is 4.21 Å². The molecule has 0 aromatic heterocycles. The van der Waals surface area contributed by atoms with Crippen LogP contribution in [0.3, 0.4) is 0 Å². The van der Waals surface area contributed by atoms with Crippen molar-refractivity contribution in [3.8, 4) is 0 Å². The molecule has 2 heteroatoms. The molecule has 1 nitrogen and oxygen atoms in total. The SMILES string of the molecule is CC.CC.CS(=O)c1ccc(C(C)(C)C)cc1. The Kier molecular flexibility index (Phi) is 10.4. The summed E-state index contributed by atoms with van der Waals surface area (Å²) in [4.78, 5) is 0.896. The van der Waals surface area contributed by atoms with E-state index in [0.717, 1.165) is 4.90 Å². The molecule has 17 heavy (non-hydrogen) atoms. The van der Waals surface area contributed by atoms with E-state index in [4.69, 9.17) is 0 Å². The second-order valence-corrected chi connectivity index (χ2v) is 5.61. The molecule has 0 amide bonds. The third-order valence-corrected chi connectivity index (χ3v) is 2.99. The van der Waals surface area contributed by atoms with E-state index in [9.17, 15) is 4.21 Å². The van der Waals surface area contributed by atoms with E-state index in [2.05, 4.69) is 32.9 Å². The lowest BCUT2D eigenvalue weighted by Gasteiger charge is -2.18. The summed E-state index contributed by atoms with van der Waals surface area (Å²) in [7, 11) is -0.864. The second kappa shape index (κ2) is 9.41. The maximum atomic E-state index is 11.1. The maximum Gasteiger partial charge on any atom is 0.0498 e. The van der Waals surface area contributed by atoms with E-state index in [-0.39, 0.29) is 5.41 Å². The molecule has 0 fully saturated rings. The molecule has 0 bridgehead atoms. The van der Waals surface area contributed by atoms with Gasteiger partial charge in [-0.2, -0.15) is 0 Å². The van der Waals surface area contributed by atoms with Crippen LogP contribution in [0.1, 0.15) is 54.0 Å². The first kappa shape index (κ1) is 18.7. The third kappa shape index (κ3) is 7.32. The van der Waals surface area contributed by atoms with Gasteiger partial charge in [-0.1, -0.05) is 60.6 Å². The number of hydrogen-bond donors (Lipinski definition) is 0. The highest BCUT2D eigenvalue weighted by Crippen LogP contribution is 2.22. The van der Waals surface area contributed by atoms with Gasteiger partial charge >= 0.3 is 0 Å². The predicted molar refractivity (Wildman–Crippen MR) is 80.2 cm³/mol. The van der Waals surface area contributed by atoms with Crippen molar-refractivity contribution < 1.29 is 4.21 Å². The Bertz CT molecular complexity index is 307. The first-order valence-electron chi connectivity index (χ1n) is 6.35. The van der Waals surface area contributed by atoms with Crippen LogP contribution in [0.25, 0.3) is 0 Å². The van der Waals surface area contributed by atoms with Crippen LogP contribution in [0.2, 0.25) is 0 Å². The van der Waals surface area contributed by atoms with Crippen LogP contribution in [0, 0.1) is 0 Å². The van der Waals surface area contributed by atoms with Gasteiger partial charge < -0.3 is 0 Å². The Morgan fingerprint density at radius 3 is 1.47 bits per heavy atom. The fourth-order valence-electron chi connectivity index (χ4n) is 1.15. The number of rotatable bonds is 1. The van der Waals surface area contributed by atoms with Crippen molar-refractivity contribution in [2.24, 2.45) is 0 Å². The van der Waals surface area contributed by atoms with Gasteiger partial charge in [0.2, 0.25) is 0 Å². The first-order chi connectivity index (χ1) is 7.91. The molecule has 0 aliphatic heterocycles. The van der Waals surface area contributed by atoms with Crippen LogP contribution in [-0.4, -0.2) is 10.5 Å². The molecule has 0 aliphatic rings. The molecular weight excluding hydrogens is 228 g/mol. The maximum absolute atomic E-state index is 11.1. The molecule has 100 valence electrons. The minimum atomic E-state index is -0.864. The Labute approximate surface area is 110 Å². The first-order valence-corrected chi connectivity index (χ1v) is 7.91. The fraction of sp³-hybridized carbons (Fsp3) is 0.600. The molecule has 1 atom stereocenters. The zero-order valence-corrected chi connectivity index (χ0v) is 13.4. The minimum Gasteiger partial charge on any atom is -0.255 e. The molecule has 0 N–H and O–H groups in total. The fourth-order valence-corrected chi connectivity index (χ4v) is 1.67. The largest absolute Gasteiger partial charge is 0.255 e. The van der Waals surface area contributed by atoms with Crippen LogP contribution in [0.15, 0.2) is 29.2 Å². The average molecular weight is 256 g/mol. The highest BCUT2D eigenvalue weighted by atomic mass is 32.2. The van der Waals surface area contributed by atoms with Crippen LogP contribution in [0.5, 0.6) is 0 Å². The standard InChI is InChI=1S/C11H16OS.2C2H6/c1-11(2,3)9-5-7-10(8-6-9)13(4)12;2*1-2/h5-8H,1-4H3;2*1-2H3. The lowest BCUT2D eigenvalue weighted by atomic mass is 9.87. The second-order valence-electron chi connectivity index (χ2n) is 4.23. The monoisotopic (exact) mass is 256 g/mol. The van der Waals surface area contributed by atoms with Crippen molar-refractivity contribution in [3.05, 3.63) is 29.8 Å². The lowest BCUT2D eigenvalue weighted by molar-refractivity contribution is 0.589. The molecule has 0 saturated heterocycles. The topological polar surface area (TPSA) is 17.1 Å². The summed E-state index contributed by atoms with van der Waals surface area (Å²) in [6, 6.07) is 7.99. The molecule has 0 saturated carbocycles. The molecule has 1 rings (SSSR count). The van der Waals surface area contributed by atoms with Gasteiger partial charge in [-0.05, 0) is 23.1 Å². The number of benzene rings is 1. The van der Waals surface area contributed by atoms with E-state index < -0.39 is 10.8 Å². The molecule has 1 unspecified atom stereocenters. The van der Waals surface area contributed by atoms with Gasteiger partial charge in [0.25, 0.3) is 0 Å². The molecule has 0 aliphatic carbocycles. The normalized spacial score (nSPS) is 11.5. The minimum absolute atomic E-state index is 0.174. The Hall–Kier alpha value is -0.630. The predicted octanol–water partition coefficient (Wildman–Crippen LogP) is 4.77. The third-order valence-electron chi connectivity index (χ3n) is 2.05. The summed E-state index contributed by atoms with van der Waals surface area (Å²) in [6.45, 7) is 14.5. The summed E-state index contributed by atoms with van der Waals surface area (Å²) in [5.74, 6) is 0. The Morgan fingerprint density at radius 1 is 0.882 bits per heavy atom. The highest BCUT2D eigenvalue weighted by Gasteiger charge is 2.12. The summed E-state index contributed by atoms with van der Waals surface area (Å²) < 4.78 is 11.1. The van der Waals surface area contributed by atoms with Crippen molar-refractivity contribution in [2.45, 2.75) is 58.8 Å². The van der Waals surface area contributed by atoms with E-state index in [0.29, 0.717) is 0 Å². The zero-order valence-electron chi connectivity index (χ0n) is 12.6. The summed E-state index contributed by atoms with van der Waals surface area (Å²) in [5.41, 5.74) is 1.45. The van der Waals surface area contributed by atoms with Crippen molar-refractivity contribution in [1.82, 2.24) is 0 Å². The van der Waals surface area contributed by atoms with Gasteiger partial charge in [-0.15, -0.1) is 0 Å². The lowest BCUT2D eigenvalue weighted by Crippen LogP contribution is -2.10. The van der Waals surface area contributed by atoms with Crippen LogP contribution in [-0.2, 0) is 16.2 Å². The quantitative estimate of drug-likeness (QED) is 0.707. The van der Waals surface area contributed by atoms with Crippen LogP contribution in [0.4, 0.5) is 0 Å². The van der Waals surface area contributed by atoms with Crippen molar-refractivity contribution in [1.29, 1.82) is 0 Å². The van der Waals surface area contributed by atoms with E-state index >= 15 is 0 Å². The van der Waals surface area contributed by atoms with Crippen LogP contribution >= 0.6 is 0 Å². The van der Waals surface area contributed by atoms with Crippen LogP contribution < -0.4 is 0 Å². The zero-order chi connectivity index (χ0) is 14.1. The molecular formula is C15H28OS. The summed E-state index contributed by atoms with van der Waals surface area (Å²) in [5, 5.41) is 0. The smallest absolute Gasteiger partial charge is 0.0498 e. The van der Waals surface area contributed by atoms with E-state index in [1.807, 2.05) is 39.8 Å². The van der Waals surface area contributed by atoms with Crippen molar-refractivity contribution in [3.63, 3.8) is 0 Å².